The Morgan fingerprint density at radius 2 is 1.47 bits per heavy atom. The number of rotatable bonds is 9. The molecule has 0 saturated carbocycles. The molecule has 3 aromatic carbocycles. The standard InChI is InChI=1S/C36H29F4N5O4/c37-25-4-2-23(3-5-25)21-44-22-24(16-29-31(39)18-26(38)19-32(29)40)17-30(35(44)48)33(46)20-34(47)36(49)43-14-12-42(13-15-43)27-6-8-28(9-7-27)45-11-1-10-41-45/h1-11,17-20,22,46H,12-16,21H2/b33-20+. The molecule has 0 bridgehead atoms. The molecule has 0 atom stereocenters. The zero-order valence-electron chi connectivity index (χ0n) is 25.9. The van der Waals surface area contributed by atoms with Gasteiger partial charge in [0.05, 0.1) is 17.8 Å². The molecular weight excluding hydrogens is 642 g/mol. The van der Waals surface area contributed by atoms with Gasteiger partial charge in [-0.1, -0.05) is 12.1 Å². The molecule has 1 aliphatic rings. The number of pyridine rings is 1. The molecule has 0 unspecified atom stereocenters. The Morgan fingerprint density at radius 3 is 2.10 bits per heavy atom. The average Bonchev–Trinajstić information content (AvgIpc) is 3.64. The molecule has 250 valence electrons. The molecule has 6 rings (SSSR count). The number of amides is 1. The van der Waals surface area contributed by atoms with Crippen molar-refractivity contribution in [3.8, 4) is 5.69 Å². The first-order valence-electron chi connectivity index (χ1n) is 15.3. The maximum absolute atomic E-state index is 14.5. The number of benzene rings is 3. The highest BCUT2D eigenvalue weighted by Crippen LogP contribution is 2.22. The number of hydrogen-bond acceptors (Lipinski definition) is 6. The van der Waals surface area contributed by atoms with Gasteiger partial charge < -0.3 is 19.5 Å². The lowest BCUT2D eigenvalue weighted by atomic mass is 10.0. The number of carbonyl (C=O) groups is 2. The van der Waals surface area contributed by atoms with Crippen molar-refractivity contribution in [2.24, 2.45) is 0 Å². The lowest BCUT2D eigenvalue weighted by Gasteiger charge is -2.35. The summed E-state index contributed by atoms with van der Waals surface area (Å²) < 4.78 is 58.9. The van der Waals surface area contributed by atoms with E-state index >= 15 is 0 Å². The first kappa shape index (κ1) is 32.9. The quantitative estimate of drug-likeness (QED) is 0.102. The maximum Gasteiger partial charge on any atom is 0.294 e. The minimum Gasteiger partial charge on any atom is -0.507 e. The van der Waals surface area contributed by atoms with E-state index in [0.717, 1.165) is 22.0 Å². The Labute approximate surface area is 277 Å². The SMILES string of the molecule is O=C(/C=C(/O)c1cc(Cc2c(F)cc(F)cc2F)cn(Cc2ccc(F)cc2)c1=O)C(=O)N1CCN(c2ccc(-n3cccn3)cc2)CC1. The molecule has 1 amide bonds. The van der Waals surface area contributed by atoms with E-state index in [-0.39, 0.29) is 25.2 Å². The van der Waals surface area contributed by atoms with E-state index in [0.29, 0.717) is 36.9 Å². The second-order valence-corrected chi connectivity index (χ2v) is 11.5. The minimum absolute atomic E-state index is 0.120. The summed E-state index contributed by atoms with van der Waals surface area (Å²) in [7, 11) is 0. The van der Waals surface area contributed by atoms with Crippen LogP contribution in [-0.2, 0) is 22.6 Å². The fraction of sp³-hybridized carbons (Fsp3) is 0.167. The summed E-state index contributed by atoms with van der Waals surface area (Å²) in [6, 6.07) is 17.0. The lowest BCUT2D eigenvalue weighted by molar-refractivity contribution is -0.142. The van der Waals surface area contributed by atoms with Crippen LogP contribution < -0.4 is 10.5 Å². The van der Waals surface area contributed by atoms with Gasteiger partial charge in [-0.05, 0) is 59.7 Å². The van der Waals surface area contributed by atoms with Crippen molar-refractivity contribution in [2.75, 3.05) is 31.1 Å². The van der Waals surface area contributed by atoms with Gasteiger partial charge in [-0.25, -0.2) is 22.2 Å². The molecule has 1 aliphatic heterocycles. The Morgan fingerprint density at radius 1 is 0.816 bits per heavy atom. The molecule has 2 aromatic heterocycles. The van der Waals surface area contributed by atoms with Crippen molar-refractivity contribution in [3.63, 3.8) is 0 Å². The Hall–Kier alpha value is -5.98. The minimum atomic E-state index is -1.15. The number of aliphatic hydroxyl groups is 1. The number of piperazine rings is 1. The number of anilines is 1. The van der Waals surface area contributed by atoms with Crippen LogP contribution in [0.5, 0.6) is 0 Å². The van der Waals surface area contributed by atoms with Gasteiger partial charge in [0.25, 0.3) is 11.5 Å². The average molecular weight is 672 g/mol. The zero-order chi connectivity index (χ0) is 34.7. The van der Waals surface area contributed by atoms with Gasteiger partial charge in [-0.2, -0.15) is 5.10 Å². The zero-order valence-corrected chi connectivity index (χ0v) is 25.9. The van der Waals surface area contributed by atoms with Crippen molar-refractivity contribution >= 4 is 23.1 Å². The lowest BCUT2D eigenvalue weighted by Crippen LogP contribution is -2.50. The normalized spacial score (nSPS) is 13.5. The third-order valence-electron chi connectivity index (χ3n) is 8.20. The molecule has 13 heteroatoms. The second kappa shape index (κ2) is 14.0. The van der Waals surface area contributed by atoms with Crippen LogP contribution in [-0.4, -0.2) is 62.2 Å². The van der Waals surface area contributed by atoms with Crippen molar-refractivity contribution in [1.82, 2.24) is 19.2 Å². The molecule has 1 saturated heterocycles. The van der Waals surface area contributed by atoms with E-state index in [1.807, 2.05) is 36.5 Å². The van der Waals surface area contributed by atoms with Crippen LogP contribution >= 0.6 is 0 Å². The maximum atomic E-state index is 14.5. The van der Waals surface area contributed by atoms with Crippen LogP contribution in [0.1, 0.15) is 22.3 Å². The van der Waals surface area contributed by atoms with E-state index < -0.39 is 63.8 Å². The largest absolute Gasteiger partial charge is 0.507 e. The highest BCUT2D eigenvalue weighted by atomic mass is 19.1. The van der Waals surface area contributed by atoms with Gasteiger partial charge in [0.2, 0.25) is 5.78 Å². The summed E-state index contributed by atoms with van der Waals surface area (Å²) in [6.45, 7) is 1.24. The Kier molecular flexibility index (Phi) is 9.42. The van der Waals surface area contributed by atoms with E-state index in [4.69, 9.17) is 0 Å². The van der Waals surface area contributed by atoms with Crippen LogP contribution in [0.4, 0.5) is 23.2 Å². The number of nitrogens with zero attached hydrogens (tertiary/aromatic N) is 5. The van der Waals surface area contributed by atoms with Gasteiger partial charge in [0.1, 0.15) is 29.0 Å². The molecule has 0 radical (unpaired) electrons. The van der Waals surface area contributed by atoms with E-state index in [2.05, 4.69) is 10.00 Å². The third kappa shape index (κ3) is 7.45. The fourth-order valence-electron chi connectivity index (χ4n) is 5.65. The molecule has 49 heavy (non-hydrogen) atoms. The summed E-state index contributed by atoms with van der Waals surface area (Å²) in [5, 5.41) is 15.2. The summed E-state index contributed by atoms with van der Waals surface area (Å²) in [5.41, 5.74) is 0.775. The first-order valence-corrected chi connectivity index (χ1v) is 15.3. The van der Waals surface area contributed by atoms with Crippen molar-refractivity contribution < 1.29 is 32.3 Å². The van der Waals surface area contributed by atoms with Gasteiger partial charge in [0.15, 0.2) is 0 Å². The number of ketones is 1. The topological polar surface area (TPSA) is 101 Å². The molecule has 1 N–H and O–H groups in total. The molecule has 1 fully saturated rings. The molecule has 5 aromatic rings. The van der Waals surface area contributed by atoms with Crippen LogP contribution in [0, 0.1) is 23.3 Å². The Balaban J connectivity index is 1.20. The molecule has 0 aliphatic carbocycles. The van der Waals surface area contributed by atoms with Gasteiger partial charge in [0, 0.05) is 80.6 Å². The summed E-state index contributed by atoms with van der Waals surface area (Å²) in [5.74, 6) is -6.68. The predicted molar refractivity (Wildman–Crippen MR) is 173 cm³/mol. The number of aromatic nitrogens is 3. The van der Waals surface area contributed by atoms with E-state index in [9.17, 15) is 37.1 Å². The molecule has 0 spiro atoms. The number of halogens is 4. The van der Waals surface area contributed by atoms with Crippen LogP contribution in [0.3, 0.4) is 0 Å². The first-order chi connectivity index (χ1) is 23.5. The third-order valence-corrected chi connectivity index (χ3v) is 8.20. The smallest absolute Gasteiger partial charge is 0.294 e. The highest BCUT2D eigenvalue weighted by molar-refractivity contribution is 6.41. The number of carbonyl (C=O) groups excluding carboxylic acids is 2. The molecule has 9 nitrogen and oxygen atoms in total. The second-order valence-electron chi connectivity index (χ2n) is 11.5. The number of aliphatic hydroxyl groups excluding tert-OH is 1. The molecule has 3 heterocycles. The van der Waals surface area contributed by atoms with Crippen LogP contribution in [0.25, 0.3) is 11.4 Å². The summed E-state index contributed by atoms with van der Waals surface area (Å²) >= 11 is 0. The summed E-state index contributed by atoms with van der Waals surface area (Å²) in [6.07, 6.45) is 5.01. The van der Waals surface area contributed by atoms with Gasteiger partial charge >= 0.3 is 0 Å². The number of hydrogen-bond donors (Lipinski definition) is 1. The summed E-state index contributed by atoms with van der Waals surface area (Å²) in [4.78, 5) is 43.0. The highest BCUT2D eigenvalue weighted by Gasteiger charge is 2.26. The van der Waals surface area contributed by atoms with Crippen molar-refractivity contribution in [1.29, 1.82) is 0 Å². The van der Waals surface area contributed by atoms with Crippen LogP contribution in [0.15, 0.2) is 102 Å². The van der Waals surface area contributed by atoms with Crippen LogP contribution in [0.2, 0.25) is 0 Å². The van der Waals surface area contributed by atoms with Gasteiger partial charge in [-0.15, -0.1) is 0 Å². The van der Waals surface area contributed by atoms with Crippen molar-refractivity contribution in [2.45, 2.75) is 13.0 Å². The monoisotopic (exact) mass is 671 g/mol. The Bertz CT molecular complexity index is 2060. The fourth-order valence-corrected chi connectivity index (χ4v) is 5.65. The predicted octanol–water partition coefficient (Wildman–Crippen LogP) is 5.05. The van der Waals surface area contributed by atoms with Gasteiger partial charge in [-0.3, -0.25) is 14.4 Å². The van der Waals surface area contributed by atoms with E-state index in [1.165, 1.54) is 35.4 Å². The molecular formula is C36H29F4N5O4. The van der Waals surface area contributed by atoms with Crippen molar-refractivity contribution in [3.05, 3.63) is 153 Å². The van der Waals surface area contributed by atoms with E-state index in [1.54, 1.807) is 10.9 Å².